The average Bonchev–Trinajstić information content (AvgIpc) is 3.34. The smallest absolute Gasteiger partial charge is 0.319 e. The number of nitrogen functional groups attached to an aromatic ring is 1. The second kappa shape index (κ2) is 11.8. The van der Waals surface area contributed by atoms with E-state index in [1.54, 1.807) is 36.4 Å². The molecule has 4 rings (SSSR count). The van der Waals surface area contributed by atoms with E-state index >= 15 is 0 Å². The van der Waals surface area contributed by atoms with Gasteiger partial charge in [-0.1, -0.05) is 31.2 Å². The first-order valence-corrected chi connectivity index (χ1v) is 12.4. The van der Waals surface area contributed by atoms with Crippen LogP contribution in [0, 0.1) is 11.6 Å². The fourth-order valence-corrected chi connectivity index (χ4v) is 4.70. The third kappa shape index (κ3) is 6.62. The minimum atomic E-state index is -1.04. The Balaban J connectivity index is 1.49. The third-order valence-corrected chi connectivity index (χ3v) is 6.68. The Labute approximate surface area is 215 Å². The summed E-state index contributed by atoms with van der Waals surface area (Å²) < 4.78 is 26.8. The zero-order valence-electron chi connectivity index (χ0n) is 20.6. The molecule has 2 unspecified atom stereocenters. The van der Waals surface area contributed by atoms with Gasteiger partial charge in [0.15, 0.2) is 11.6 Å². The fourth-order valence-electron chi connectivity index (χ4n) is 4.70. The Bertz CT molecular complexity index is 1250. The number of hydrogen-bond donors (Lipinski definition) is 4. The summed E-state index contributed by atoms with van der Waals surface area (Å²) in [5, 5.41) is 8.36. The molecule has 3 amide bonds. The van der Waals surface area contributed by atoms with Crippen molar-refractivity contribution in [3.8, 4) is 0 Å². The monoisotopic (exact) mass is 507 g/mol. The molecule has 194 valence electrons. The van der Waals surface area contributed by atoms with Gasteiger partial charge in [0.25, 0.3) is 5.91 Å². The molecule has 7 nitrogen and oxygen atoms in total. The topological polar surface area (TPSA) is 99.5 Å². The van der Waals surface area contributed by atoms with Crippen LogP contribution in [0.15, 0.2) is 66.7 Å². The van der Waals surface area contributed by atoms with Gasteiger partial charge in [-0.3, -0.25) is 4.79 Å². The Morgan fingerprint density at radius 1 is 1.03 bits per heavy atom. The summed E-state index contributed by atoms with van der Waals surface area (Å²) >= 11 is 0. The highest BCUT2D eigenvalue weighted by Crippen LogP contribution is 2.28. The van der Waals surface area contributed by atoms with Crippen LogP contribution in [0.3, 0.4) is 0 Å². The summed E-state index contributed by atoms with van der Waals surface area (Å²) in [5.41, 5.74) is 8.37. The molecule has 1 aliphatic heterocycles. The Kier molecular flexibility index (Phi) is 8.35. The normalized spacial score (nSPS) is 16.2. The number of rotatable bonds is 8. The van der Waals surface area contributed by atoms with Crippen molar-refractivity contribution in [2.45, 2.75) is 38.3 Å². The van der Waals surface area contributed by atoms with Crippen molar-refractivity contribution in [3.63, 3.8) is 0 Å². The predicted octanol–water partition coefficient (Wildman–Crippen LogP) is 5.54. The highest BCUT2D eigenvalue weighted by Gasteiger charge is 2.28. The first-order chi connectivity index (χ1) is 17.8. The molecule has 3 aromatic rings. The van der Waals surface area contributed by atoms with Crippen molar-refractivity contribution >= 4 is 29.0 Å². The lowest BCUT2D eigenvalue weighted by Gasteiger charge is -2.28. The SMILES string of the molecule is CCN1CCCC1CC(NC(=O)Nc1ccc(F)c(F)c1)c1ccc(C(=O)Nc2ccccc2N)cc1. The fraction of sp³-hybridized carbons (Fsp3) is 0.286. The maximum absolute atomic E-state index is 13.6. The van der Waals surface area contributed by atoms with Gasteiger partial charge in [0.1, 0.15) is 0 Å². The van der Waals surface area contributed by atoms with Gasteiger partial charge < -0.3 is 26.6 Å². The molecule has 0 spiro atoms. The molecule has 2 atom stereocenters. The van der Waals surface area contributed by atoms with Crippen LogP contribution in [0.5, 0.6) is 0 Å². The number of carbonyl (C=O) groups is 2. The van der Waals surface area contributed by atoms with Gasteiger partial charge in [-0.2, -0.15) is 0 Å². The number of nitrogens with one attached hydrogen (secondary N) is 3. The second-order valence-corrected chi connectivity index (χ2v) is 9.10. The number of amides is 3. The van der Waals surface area contributed by atoms with Crippen molar-refractivity contribution in [1.29, 1.82) is 0 Å². The van der Waals surface area contributed by atoms with E-state index in [0.29, 0.717) is 29.4 Å². The first-order valence-electron chi connectivity index (χ1n) is 12.4. The lowest BCUT2D eigenvalue weighted by Crippen LogP contribution is -2.38. The van der Waals surface area contributed by atoms with Gasteiger partial charge in [-0.15, -0.1) is 0 Å². The molecular weight excluding hydrogens is 476 g/mol. The van der Waals surface area contributed by atoms with E-state index in [9.17, 15) is 18.4 Å². The molecule has 1 aliphatic rings. The summed E-state index contributed by atoms with van der Waals surface area (Å²) in [4.78, 5) is 27.9. The molecule has 0 bridgehead atoms. The number of urea groups is 1. The van der Waals surface area contributed by atoms with Gasteiger partial charge in [-0.25, -0.2) is 13.6 Å². The van der Waals surface area contributed by atoms with Crippen molar-refractivity contribution in [3.05, 3.63) is 89.5 Å². The molecule has 5 N–H and O–H groups in total. The van der Waals surface area contributed by atoms with E-state index in [4.69, 9.17) is 5.73 Å². The summed E-state index contributed by atoms with van der Waals surface area (Å²) in [6.07, 6.45) is 2.79. The zero-order valence-corrected chi connectivity index (χ0v) is 20.6. The Morgan fingerprint density at radius 3 is 2.49 bits per heavy atom. The van der Waals surface area contributed by atoms with E-state index < -0.39 is 17.7 Å². The quantitative estimate of drug-likeness (QED) is 0.301. The second-order valence-electron chi connectivity index (χ2n) is 9.10. The molecule has 1 fully saturated rings. The number of carbonyl (C=O) groups excluding carboxylic acids is 2. The van der Waals surface area contributed by atoms with Crippen LogP contribution < -0.4 is 21.7 Å². The Hall–Kier alpha value is -3.98. The number of likely N-dealkylation sites (tertiary alicyclic amines) is 1. The van der Waals surface area contributed by atoms with Crippen LogP contribution in [0.4, 0.5) is 30.6 Å². The minimum absolute atomic E-state index is 0.151. The van der Waals surface area contributed by atoms with Crippen LogP contribution in [0.25, 0.3) is 0 Å². The van der Waals surface area contributed by atoms with Crippen LogP contribution in [-0.2, 0) is 0 Å². The van der Waals surface area contributed by atoms with Crippen LogP contribution in [0.1, 0.15) is 48.1 Å². The molecule has 0 aromatic heterocycles. The van der Waals surface area contributed by atoms with Crippen LogP contribution in [0.2, 0.25) is 0 Å². The first kappa shape index (κ1) is 26.1. The molecule has 1 saturated heterocycles. The number of halogens is 2. The lowest BCUT2D eigenvalue weighted by atomic mass is 9.96. The molecular formula is C28H31F2N5O2. The number of nitrogens with zero attached hydrogens (tertiary/aromatic N) is 1. The zero-order chi connectivity index (χ0) is 26.4. The van der Waals surface area contributed by atoms with Crippen LogP contribution in [-0.4, -0.2) is 36.0 Å². The molecule has 0 saturated carbocycles. The number of hydrogen-bond acceptors (Lipinski definition) is 4. The molecule has 37 heavy (non-hydrogen) atoms. The summed E-state index contributed by atoms with van der Waals surface area (Å²) in [5.74, 6) is -2.31. The highest BCUT2D eigenvalue weighted by molar-refractivity contribution is 6.05. The maximum atomic E-state index is 13.6. The standard InChI is InChI=1S/C28H31F2N5O2/c1-2-35-15-5-6-21(35)17-26(34-28(37)32-20-13-14-22(29)23(30)16-20)18-9-11-19(12-10-18)27(36)33-25-8-4-3-7-24(25)31/h3-4,7-14,16,21,26H,2,5-6,15,17,31H2,1H3,(H,33,36)(H2,32,34,37). The number of benzene rings is 3. The van der Waals surface area contributed by atoms with Crippen molar-refractivity contribution in [2.24, 2.45) is 0 Å². The molecule has 3 aromatic carbocycles. The van der Waals surface area contributed by atoms with Crippen molar-refractivity contribution in [2.75, 3.05) is 29.5 Å². The van der Waals surface area contributed by atoms with Crippen molar-refractivity contribution < 1.29 is 18.4 Å². The summed E-state index contributed by atoms with van der Waals surface area (Å²) in [6.45, 7) is 4.04. The van der Waals surface area contributed by atoms with Gasteiger partial charge in [0.2, 0.25) is 0 Å². The predicted molar refractivity (Wildman–Crippen MR) is 141 cm³/mol. The summed E-state index contributed by atoms with van der Waals surface area (Å²) in [6, 6.07) is 16.7. The lowest BCUT2D eigenvalue weighted by molar-refractivity contribution is 0.102. The van der Waals surface area contributed by atoms with Gasteiger partial charge in [-0.05, 0) is 74.3 Å². The van der Waals surface area contributed by atoms with E-state index in [1.807, 2.05) is 12.1 Å². The summed E-state index contributed by atoms with van der Waals surface area (Å²) in [7, 11) is 0. The average molecular weight is 508 g/mol. The van der Waals surface area contributed by atoms with Crippen molar-refractivity contribution in [1.82, 2.24) is 10.2 Å². The maximum Gasteiger partial charge on any atom is 0.319 e. The highest BCUT2D eigenvalue weighted by atomic mass is 19.2. The van der Waals surface area contributed by atoms with Gasteiger partial charge in [0.05, 0.1) is 17.4 Å². The molecule has 0 aliphatic carbocycles. The third-order valence-electron chi connectivity index (χ3n) is 6.68. The van der Waals surface area contributed by atoms with E-state index in [-0.39, 0.29) is 17.6 Å². The van der Waals surface area contributed by atoms with E-state index in [2.05, 4.69) is 27.8 Å². The molecule has 1 heterocycles. The molecule has 9 heteroatoms. The Morgan fingerprint density at radius 2 is 1.78 bits per heavy atom. The minimum Gasteiger partial charge on any atom is -0.397 e. The number of anilines is 3. The number of nitrogens with two attached hydrogens (primary N) is 1. The van der Waals surface area contributed by atoms with Crippen LogP contribution >= 0.6 is 0 Å². The molecule has 0 radical (unpaired) electrons. The van der Waals surface area contributed by atoms with E-state index in [0.717, 1.165) is 43.6 Å². The van der Waals surface area contributed by atoms with E-state index in [1.165, 1.54) is 6.07 Å². The number of para-hydroxylation sites is 2. The van der Waals surface area contributed by atoms with Gasteiger partial charge >= 0.3 is 6.03 Å². The largest absolute Gasteiger partial charge is 0.397 e. The van der Waals surface area contributed by atoms with Gasteiger partial charge in [0, 0.05) is 23.4 Å².